The van der Waals surface area contributed by atoms with E-state index < -0.39 is 0 Å². The topological polar surface area (TPSA) is 61.4 Å². The molecule has 0 fully saturated rings. The average Bonchev–Trinajstić information content (AvgIpc) is 2.89. The van der Waals surface area contributed by atoms with Gasteiger partial charge in [-0.3, -0.25) is 4.79 Å². The highest BCUT2D eigenvalue weighted by atomic mass is 16.3. The Morgan fingerprint density at radius 3 is 3.00 bits per heavy atom. The van der Waals surface area contributed by atoms with Crippen LogP contribution in [0.4, 0.5) is 11.4 Å². The number of hydrogen-bond acceptors (Lipinski definition) is 3. The number of benzene rings is 2. The van der Waals surface area contributed by atoms with Crippen LogP contribution in [-0.4, -0.2) is 17.6 Å². The van der Waals surface area contributed by atoms with Gasteiger partial charge in [0.1, 0.15) is 5.75 Å². The number of phenols is 1. The standard InChI is InChI=1S/C16H16N2O2/c1-10-13(3-2-4-15(10)19)16(20)18-12-5-6-14-11(9-12)7-8-17-14/h2-6,9,17,19H,7-8H2,1H3,(H,18,20). The second-order valence-electron chi connectivity index (χ2n) is 4.95. The van der Waals surface area contributed by atoms with Crippen molar-refractivity contribution in [1.82, 2.24) is 0 Å². The predicted octanol–water partition coefficient (Wildman–Crippen LogP) is 2.92. The maximum Gasteiger partial charge on any atom is 0.256 e. The first kappa shape index (κ1) is 12.5. The number of phenolic OH excluding ortho intramolecular Hbond substituents is 1. The number of hydrogen-bond donors (Lipinski definition) is 3. The van der Waals surface area contributed by atoms with Crippen molar-refractivity contribution in [2.24, 2.45) is 0 Å². The Kier molecular flexibility index (Phi) is 3.06. The Bertz CT molecular complexity index is 680. The van der Waals surface area contributed by atoms with Gasteiger partial charge in [0.05, 0.1) is 0 Å². The second kappa shape index (κ2) is 4.89. The van der Waals surface area contributed by atoms with Gasteiger partial charge in [-0.25, -0.2) is 0 Å². The lowest BCUT2D eigenvalue weighted by atomic mass is 10.1. The minimum atomic E-state index is -0.204. The number of amides is 1. The third kappa shape index (κ3) is 2.20. The number of rotatable bonds is 2. The van der Waals surface area contributed by atoms with Crippen molar-refractivity contribution in [2.45, 2.75) is 13.3 Å². The summed E-state index contributed by atoms with van der Waals surface area (Å²) in [5, 5.41) is 15.8. The monoisotopic (exact) mass is 268 g/mol. The summed E-state index contributed by atoms with van der Waals surface area (Å²) in [6.07, 6.45) is 0.976. The number of fused-ring (bicyclic) bond motifs is 1. The summed E-state index contributed by atoms with van der Waals surface area (Å²) in [5.74, 6) is -0.0693. The van der Waals surface area contributed by atoms with Crippen molar-refractivity contribution >= 4 is 17.3 Å². The Morgan fingerprint density at radius 1 is 1.30 bits per heavy atom. The van der Waals surface area contributed by atoms with Gasteiger partial charge in [0.2, 0.25) is 0 Å². The minimum absolute atomic E-state index is 0.135. The van der Waals surface area contributed by atoms with Crippen LogP contribution in [0.3, 0.4) is 0 Å². The number of anilines is 2. The molecule has 2 aromatic rings. The maximum atomic E-state index is 12.2. The quantitative estimate of drug-likeness (QED) is 0.784. The van der Waals surface area contributed by atoms with E-state index in [0.717, 1.165) is 24.3 Å². The van der Waals surface area contributed by atoms with Gasteiger partial charge in [0, 0.05) is 29.0 Å². The summed E-state index contributed by atoms with van der Waals surface area (Å²) in [6.45, 7) is 2.68. The van der Waals surface area contributed by atoms with Crippen molar-refractivity contribution in [3.05, 3.63) is 53.1 Å². The molecule has 4 heteroatoms. The van der Waals surface area contributed by atoms with Crippen LogP contribution in [0.25, 0.3) is 0 Å². The molecule has 0 atom stereocenters. The summed E-state index contributed by atoms with van der Waals surface area (Å²) >= 11 is 0. The van der Waals surface area contributed by atoms with E-state index in [1.54, 1.807) is 25.1 Å². The van der Waals surface area contributed by atoms with E-state index in [0.29, 0.717) is 11.1 Å². The highest BCUT2D eigenvalue weighted by Gasteiger charge is 2.14. The second-order valence-corrected chi connectivity index (χ2v) is 4.95. The third-order valence-corrected chi connectivity index (χ3v) is 3.62. The Labute approximate surface area is 117 Å². The first-order valence-corrected chi connectivity index (χ1v) is 6.62. The van der Waals surface area contributed by atoms with Crippen molar-refractivity contribution in [3.8, 4) is 5.75 Å². The van der Waals surface area contributed by atoms with Crippen LogP contribution in [0.5, 0.6) is 5.75 Å². The van der Waals surface area contributed by atoms with Crippen LogP contribution in [0, 0.1) is 6.92 Å². The zero-order chi connectivity index (χ0) is 14.1. The molecule has 3 N–H and O–H groups in total. The zero-order valence-corrected chi connectivity index (χ0v) is 11.2. The van der Waals surface area contributed by atoms with E-state index >= 15 is 0 Å². The van der Waals surface area contributed by atoms with E-state index in [1.165, 1.54) is 5.56 Å². The number of carbonyl (C=O) groups is 1. The molecule has 0 unspecified atom stereocenters. The molecular formula is C16H16N2O2. The Balaban J connectivity index is 1.84. The molecule has 2 aromatic carbocycles. The van der Waals surface area contributed by atoms with Gasteiger partial charge in [0.25, 0.3) is 5.91 Å². The van der Waals surface area contributed by atoms with Crippen molar-refractivity contribution in [3.63, 3.8) is 0 Å². The first-order chi connectivity index (χ1) is 9.65. The van der Waals surface area contributed by atoms with Crippen LogP contribution in [0.2, 0.25) is 0 Å². The highest BCUT2D eigenvalue weighted by molar-refractivity contribution is 6.05. The predicted molar refractivity (Wildman–Crippen MR) is 79.4 cm³/mol. The summed E-state index contributed by atoms with van der Waals surface area (Å²) in [7, 11) is 0. The van der Waals surface area contributed by atoms with Gasteiger partial charge < -0.3 is 15.7 Å². The van der Waals surface area contributed by atoms with Gasteiger partial charge in [-0.1, -0.05) is 6.07 Å². The van der Waals surface area contributed by atoms with E-state index in [-0.39, 0.29) is 11.7 Å². The number of carbonyl (C=O) groups excluding carboxylic acids is 1. The molecule has 0 bridgehead atoms. The molecule has 0 aliphatic carbocycles. The zero-order valence-electron chi connectivity index (χ0n) is 11.2. The van der Waals surface area contributed by atoms with Gasteiger partial charge in [0.15, 0.2) is 0 Å². The van der Waals surface area contributed by atoms with Gasteiger partial charge in [-0.15, -0.1) is 0 Å². The molecular weight excluding hydrogens is 252 g/mol. The normalized spacial score (nSPS) is 12.7. The lowest BCUT2D eigenvalue weighted by Crippen LogP contribution is -2.13. The lowest BCUT2D eigenvalue weighted by molar-refractivity contribution is 0.102. The molecule has 0 saturated heterocycles. The van der Waals surface area contributed by atoms with Crippen LogP contribution < -0.4 is 10.6 Å². The summed E-state index contributed by atoms with van der Waals surface area (Å²) < 4.78 is 0. The smallest absolute Gasteiger partial charge is 0.256 e. The average molecular weight is 268 g/mol. The molecule has 1 aliphatic rings. The lowest BCUT2D eigenvalue weighted by Gasteiger charge is -2.10. The molecule has 0 spiro atoms. The van der Waals surface area contributed by atoms with Crippen LogP contribution in [0.15, 0.2) is 36.4 Å². The van der Waals surface area contributed by atoms with Gasteiger partial charge in [-0.05, 0) is 49.2 Å². The fourth-order valence-electron chi connectivity index (χ4n) is 2.45. The molecule has 1 aliphatic heterocycles. The van der Waals surface area contributed by atoms with Crippen LogP contribution in [0.1, 0.15) is 21.5 Å². The molecule has 0 aromatic heterocycles. The SMILES string of the molecule is Cc1c(O)cccc1C(=O)Nc1ccc2c(c1)CCN2. The first-order valence-electron chi connectivity index (χ1n) is 6.62. The Hall–Kier alpha value is -2.49. The largest absolute Gasteiger partial charge is 0.508 e. The molecule has 0 radical (unpaired) electrons. The van der Waals surface area contributed by atoms with Crippen molar-refractivity contribution in [1.29, 1.82) is 0 Å². The Morgan fingerprint density at radius 2 is 2.15 bits per heavy atom. The summed E-state index contributed by atoms with van der Waals surface area (Å²) in [5.41, 5.74) is 4.21. The maximum absolute atomic E-state index is 12.2. The number of aromatic hydroxyl groups is 1. The molecule has 1 amide bonds. The van der Waals surface area contributed by atoms with E-state index in [2.05, 4.69) is 10.6 Å². The van der Waals surface area contributed by atoms with Crippen LogP contribution >= 0.6 is 0 Å². The number of nitrogens with one attached hydrogen (secondary N) is 2. The van der Waals surface area contributed by atoms with E-state index in [4.69, 9.17) is 0 Å². The van der Waals surface area contributed by atoms with Crippen molar-refractivity contribution in [2.75, 3.05) is 17.2 Å². The molecule has 4 nitrogen and oxygen atoms in total. The molecule has 1 heterocycles. The highest BCUT2D eigenvalue weighted by Crippen LogP contribution is 2.26. The fraction of sp³-hybridized carbons (Fsp3) is 0.188. The van der Waals surface area contributed by atoms with Crippen LogP contribution in [-0.2, 0) is 6.42 Å². The minimum Gasteiger partial charge on any atom is -0.508 e. The van der Waals surface area contributed by atoms with Gasteiger partial charge in [-0.2, -0.15) is 0 Å². The molecule has 102 valence electrons. The third-order valence-electron chi connectivity index (χ3n) is 3.62. The van der Waals surface area contributed by atoms with E-state index in [1.807, 2.05) is 18.2 Å². The van der Waals surface area contributed by atoms with Gasteiger partial charge >= 0.3 is 0 Å². The fourth-order valence-corrected chi connectivity index (χ4v) is 2.45. The van der Waals surface area contributed by atoms with E-state index in [9.17, 15) is 9.90 Å². The summed E-state index contributed by atoms with van der Waals surface area (Å²) in [4.78, 5) is 12.2. The van der Waals surface area contributed by atoms with Crippen molar-refractivity contribution < 1.29 is 9.90 Å². The molecule has 20 heavy (non-hydrogen) atoms. The molecule has 3 rings (SSSR count). The summed E-state index contributed by atoms with van der Waals surface area (Å²) in [6, 6.07) is 10.8. The molecule has 0 saturated carbocycles.